The molecule has 3 nitrogen and oxygen atoms in total. The van der Waals surface area contributed by atoms with Gasteiger partial charge in [-0.2, -0.15) is 0 Å². The summed E-state index contributed by atoms with van der Waals surface area (Å²) >= 11 is 0. The van der Waals surface area contributed by atoms with Gasteiger partial charge in [-0.15, -0.1) is 5.92 Å². The van der Waals surface area contributed by atoms with Crippen LogP contribution < -0.4 is 0 Å². The molecule has 1 aromatic rings. The Bertz CT molecular complexity index is 1100. The Kier molecular flexibility index (Phi) is 5.49. The van der Waals surface area contributed by atoms with E-state index in [-0.39, 0.29) is 22.9 Å². The van der Waals surface area contributed by atoms with Crippen molar-refractivity contribution in [1.82, 2.24) is 0 Å². The summed E-state index contributed by atoms with van der Waals surface area (Å²) in [5.41, 5.74) is 1.84. The largest absolute Gasteiger partial charge is 0.373 e. The molecule has 0 bridgehead atoms. The van der Waals surface area contributed by atoms with Crippen molar-refractivity contribution >= 4 is 11.6 Å². The first-order valence-electron chi connectivity index (χ1n) is 12.5. The first-order chi connectivity index (χ1) is 15.8. The van der Waals surface area contributed by atoms with Gasteiger partial charge in [0.1, 0.15) is 5.60 Å². The first-order valence-corrected chi connectivity index (χ1v) is 12.5. The molecular weight excluding hydrogens is 408 g/mol. The molecule has 0 aliphatic heterocycles. The van der Waals surface area contributed by atoms with Gasteiger partial charge >= 0.3 is 0 Å². The first kappa shape index (κ1) is 22.4. The van der Waals surface area contributed by atoms with Crippen LogP contribution in [0.4, 0.5) is 0 Å². The van der Waals surface area contributed by atoms with Crippen LogP contribution in [0.15, 0.2) is 48.1 Å². The van der Waals surface area contributed by atoms with Crippen LogP contribution in [0.2, 0.25) is 0 Å². The summed E-state index contributed by atoms with van der Waals surface area (Å²) in [6.07, 6.45) is 11.5. The van der Waals surface area contributed by atoms with Crippen molar-refractivity contribution in [2.75, 3.05) is 0 Å². The lowest BCUT2D eigenvalue weighted by Gasteiger charge is -2.62. The highest BCUT2D eigenvalue weighted by atomic mass is 16.3. The fraction of sp³-hybridized carbons (Fsp3) is 0.533. The summed E-state index contributed by atoms with van der Waals surface area (Å²) in [6.45, 7) is 5.65. The normalized spacial score (nSPS) is 39.3. The molecule has 0 radical (unpaired) electrons. The van der Waals surface area contributed by atoms with Gasteiger partial charge in [0.05, 0.1) is 0 Å². The van der Waals surface area contributed by atoms with Gasteiger partial charge in [-0.3, -0.25) is 9.59 Å². The van der Waals surface area contributed by atoms with Crippen molar-refractivity contribution in [1.29, 1.82) is 0 Å². The Labute approximate surface area is 197 Å². The van der Waals surface area contributed by atoms with Gasteiger partial charge in [-0.1, -0.05) is 48.8 Å². The molecule has 3 heteroatoms. The van der Waals surface area contributed by atoms with Gasteiger partial charge in [0.15, 0.2) is 11.6 Å². The summed E-state index contributed by atoms with van der Waals surface area (Å²) in [7, 11) is 0. The smallest absolute Gasteiger partial charge is 0.159 e. The van der Waals surface area contributed by atoms with Crippen molar-refractivity contribution in [2.45, 2.75) is 70.8 Å². The third kappa shape index (κ3) is 3.46. The summed E-state index contributed by atoms with van der Waals surface area (Å²) in [5.74, 6) is 8.50. The Morgan fingerprint density at radius 3 is 2.58 bits per heavy atom. The van der Waals surface area contributed by atoms with E-state index in [0.29, 0.717) is 30.1 Å². The predicted octanol–water partition coefficient (Wildman–Crippen LogP) is 5.65. The number of hydrogen-bond donors (Lipinski definition) is 1. The minimum absolute atomic E-state index is 0.0776. The van der Waals surface area contributed by atoms with Crippen molar-refractivity contribution < 1.29 is 14.7 Å². The number of fused-ring (bicyclic) bond motifs is 5. The number of carbonyl (C=O) groups is 2. The molecule has 5 rings (SSSR count). The molecule has 7 atom stereocenters. The molecule has 1 N–H and O–H groups in total. The molecule has 1 aromatic carbocycles. The molecule has 4 aliphatic carbocycles. The Morgan fingerprint density at radius 2 is 1.88 bits per heavy atom. The fourth-order valence-corrected chi connectivity index (χ4v) is 7.78. The number of benzene rings is 1. The van der Waals surface area contributed by atoms with Crippen LogP contribution in [0.5, 0.6) is 0 Å². The van der Waals surface area contributed by atoms with E-state index >= 15 is 0 Å². The fourth-order valence-electron chi connectivity index (χ4n) is 7.78. The highest BCUT2D eigenvalue weighted by molar-refractivity contribution is 5.94. The average molecular weight is 443 g/mol. The molecular formula is C30H34O3. The molecule has 0 aromatic heterocycles. The van der Waals surface area contributed by atoms with Gasteiger partial charge in [0, 0.05) is 17.4 Å². The predicted molar refractivity (Wildman–Crippen MR) is 130 cm³/mol. The summed E-state index contributed by atoms with van der Waals surface area (Å²) in [6, 6.07) is 8.14. The molecule has 4 aliphatic rings. The number of hydrogen-bond acceptors (Lipinski definition) is 3. The molecule has 0 spiro atoms. The molecule has 2 fully saturated rings. The average Bonchev–Trinajstić information content (AvgIpc) is 2.79. The second-order valence-corrected chi connectivity index (χ2v) is 10.9. The zero-order valence-electron chi connectivity index (χ0n) is 19.9. The number of carbonyl (C=O) groups excluding carboxylic acids is 2. The lowest BCUT2D eigenvalue weighted by Crippen LogP contribution is -2.59. The SMILES string of the molecule is CC#CC1(O)C=CC[C@H]2[C@@H]3CCC4=CC(=O)CC[C@@H]4[C@H]3[C@@H](c3ccc(C(C)=O)cc3)C[C@@]21C. The van der Waals surface area contributed by atoms with Crippen LogP contribution in [-0.2, 0) is 4.79 Å². The van der Waals surface area contributed by atoms with E-state index in [4.69, 9.17) is 0 Å². The Balaban J connectivity index is 1.63. The quantitative estimate of drug-likeness (QED) is 0.366. The lowest BCUT2D eigenvalue weighted by molar-refractivity contribution is -0.124. The van der Waals surface area contributed by atoms with Crippen molar-refractivity contribution in [3.8, 4) is 11.8 Å². The molecule has 33 heavy (non-hydrogen) atoms. The Hall–Kier alpha value is -2.44. The van der Waals surface area contributed by atoms with Gasteiger partial charge in [0.2, 0.25) is 0 Å². The maximum atomic E-state index is 12.2. The van der Waals surface area contributed by atoms with E-state index < -0.39 is 5.60 Å². The third-order valence-corrected chi connectivity index (χ3v) is 9.37. The molecule has 2 saturated carbocycles. The van der Waals surface area contributed by atoms with Gasteiger partial charge < -0.3 is 5.11 Å². The maximum Gasteiger partial charge on any atom is 0.159 e. The van der Waals surface area contributed by atoms with Crippen molar-refractivity contribution in [3.05, 3.63) is 59.2 Å². The minimum atomic E-state index is -1.13. The van der Waals surface area contributed by atoms with Crippen LogP contribution in [0, 0.1) is 40.9 Å². The van der Waals surface area contributed by atoms with Gasteiger partial charge in [-0.05, 0) is 93.3 Å². The highest BCUT2D eigenvalue weighted by Gasteiger charge is 2.61. The minimum Gasteiger partial charge on any atom is -0.373 e. The molecule has 0 saturated heterocycles. The summed E-state index contributed by atoms with van der Waals surface area (Å²) in [5, 5.41) is 11.8. The number of rotatable bonds is 2. The molecule has 0 heterocycles. The molecule has 0 amide bonds. The van der Waals surface area contributed by atoms with Crippen LogP contribution >= 0.6 is 0 Å². The highest BCUT2D eigenvalue weighted by Crippen LogP contribution is 2.65. The van der Waals surface area contributed by atoms with E-state index in [2.05, 4.69) is 37.0 Å². The van der Waals surface area contributed by atoms with E-state index in [1.807, 2.05) is 24.3 Å². The van der Waals surface area contributed by atoms with Crippen LogP contribution in [0.1, 0.15) is 81.1 Å². The standard InChI is InChI=1S/C30H34O3/c1-4-15-30(33)16-5-6-27-25-13-11-22-17-23(32)12-14-24(22)28(25)26(18-29(27,30)3)21-9-7-20(8-10-21)19(2)31/h5,7-10,16-17,24-28,33H,6,11-14,18H2,1-3H3/t24-,25-,26+,27-,28+,29-,30?/m0/s1. The van der Waals surface area contributed by atoms with E-state index in [9.17, 15) is 14.7 Å². The lowest BCUT2D eigenvalue weighted by atomic mass is 9.43. The monoisotopic (exact) mass is 442 g/mol. The Morgan fingerprint density at radius 1 is 1.12 bits per heavy atom. The van der Waals surface area contributed by atoms with E-state index in [0.717, 1.165) is 37.7 Å². The van der Waals surface area contributed by atoms with Gasteiger partial charge in [0.25, 0.3) is 0 Å². The summed E-state index contributed by atoms with van der Waals surface area (Å²) < 4.78 is 0. The topological polar surface area (TPSA) is 54.4 Å². The second-order valence-electron chi connectivity index (χ2n) is 10.9. The van der Waals surface area contributed by atoms with Gasteiger partial charge in [-0.25, -0.2) is 0 Å². The zero-order valence-corrected chi connectivity index (χ0v) is 19.9. The second kappa shape index (κ2) is 8.10. The van der Waals surface area contributed by atoms with Crippen LogP contribution in [0.25, 0.3) is 0 Å². The third-order valence-electron chi connectivity index (χ3n) is 9.37. The number of aliphatic hydroxyl groups is 1. The van der Waals surface area contributed by atoms with E-state index in [1.54, 1.807) is 13.8 Å². The number of Topliss-reactive ketones (excluding diaryl/α,β-unsaturated/α-hetero) is 1. The number of ketones is 2. The maximum absolute atomic E-state index is 12.2. The van der Waals surface area contributed by atoms with Crippen molar-refractivity contribution in [3.63, 3.8) is 0 Å². The van der Waals surface area contributed by atoms with Crippen LogP contribution in [0.3, 0.4) is 0 Å². The van der Waals surface area contributed by atoms with Crippen LogP contribution in [-0.4, -0.2) is 22.3 Å². The summed E-state index contributed by atoms with van der Waals surface area (Å²) in [4.78, 5) is 24.1. The van der Waals surface area contributed by atoms with Crippen molar-refractivity contribution in [2.24, 2.45) is 29.1 Å². The van der Waals surface area contributed by atoms with E-state index in [1.165, 1.54) is 11.1 Å². The molecule has 1 unspecified atom stereocenters. The zero-order chi connectivity index (χ0) is 23.4. The molecule has 172 valence electrons. The number of allylic oxidation sites excluding steroid dienone is 3.